The lowest BCUT2D eigenvalue weighted by Gasteiger charge is -2.61. The van der Waals surface area contributed by atoms with E-state index in [1.807, 2.05) is 37.3 Å². The van der Waals surface area contributed by atoms with Gasteiger partial charge < -0.3 is 14.6 Å². The van der Waals surface area contributed by atoms with Crippen LogP contribution in [0, 0.1) is 34.0 Å². The van der Waals surface area contributed by atoms with Crippen molar-refractivity contribution in [3.63, 3.8) is 0 Å². The Morgan fingerprint density at radius 1 is 1.29 bits per heavy atom. The molecule has 192 valence electrons. The Kier molecular flexibility index (Phi) is 7.20. The number of ether oxygens (including phenoxy) is 2. The molecular formula is C29H40O5S. The van der Waals surface area contributed by atoms with Crippen LogP contribution in [0.2, 0.25) is 0 Å². The van der Waals surface area contributed by atoms with E-state index in [2.05, 4.69) is 27.4 Å². The molecule has 4 rings (SSSR count). The molecule has 3 saturated carbocycles. The predicted octanol–water partition coefficient (Wildman–Crippen LogP) is 5.69. The number of esters is 1. The summed E-state index contributed by atoms with van der Waals surface area (Å²) in [5.74, 6) is 0.868. The number of Topliss-reactive ketones (excluding diaryl/α,β-unsaturated/α-hetero) is 1. The minimum atomic E-state index is -0.654. The Morgan fingerprint density at radius 2 is 2.03 bits per heavy atom. The predicted molar refractivity (Wildman–Crippen MR) is 138 cm³/mol. The Morgan fingerprint density at radius 3 is 2.71 bits per heavy atom. The summed E-state index contributed by atoms with van der Waals surface area (Å²) >= 11 is 1.41. The molecule has 8 atom stereocenters. The number of ketones is 1. The first-order valence-corrected chi connectivity index (χ1v) is 13.8. The summed E-state index contributed by atoms with van der Waals surface area (Å²) in [6.07, 6.45) is 4.40. The number of aliphatic hydroxyl groups excluding tert-OH is 1. The van der Waals surface area contributed by atoms with Crippen molar-refractivity contribution in [3.05, 3.63) is 36.9 Å². The lowest BCUT2D eigenvalue weighted by molar-refractivity contribution is -0.205. The number of aliphatic hydroxyl groups is 1. The number of hydrogen-bond acceptors (Lipinski definition) is 6. The third-order valence-corrected chi connectivity index (χ3v) is 10.9. The van der Waals surface area contributed by atoms with E-state index in [0.717, 1.165) is 29.9 Å². The summed E-state index contributed by atoms with van der Waals surface area (Å²) in [5, 5.41) is 11.6. The Hall–Kier alpha value is -1.79. The van der Waals surface area contributed by atoms with Crippen LogP contribution in [0.5, 0.6) is 5.75 Å². The summed E-state index contributed by atoms with van der Waals surface area (Å²) in [6, 6.07) is 7.61. The molecule has 1 aromatic rings. The van der Waals surface area contributed by atoms with Crippen molar-refractivity contribution in [2.24, 2.45) is 34.0 Å². The standard InChI is InChI=1S/C29H40O5S/c1-7-27(4)16-23(34-24(31)17-35-21-10-8-9-20(15-21)33-6)28(5)18(2)11-13-29(19(3)26(27)32)14-12-22(30)25(28)29/h7-10,15,18-19,23,25-26,32H,1,11-14,16-17H2,2-6H3/t18?,19-,23+,25?,26-,27+,28-,29?/m0/s1. The highest BCUT2D eigenvalue weighted by molar-refractivity contribution is 8.00. The van der Waals surface area contributed by atoms with Gasteiger partial charge in [-0.05, 0) is 61.1 Å². The molecular weight excluding hydrogens is 460 g/mol. The van der Waals surface area contributed by atoms with Crippen LogP contribution in [0.1, 0.15) is 59.8 Å². The van der Waals surface area contributed by atoms with Crippen molar-refractivity contribution in [2.45, 2.75) is 76.9 Å². The average Bonchev–Trinajstić information content (AvgIpc) is 3.21. The van der Waals surface area contributed by atoms with Crippen LogP contribution in [0.25, 0.3) is 0 Å². The lowest BCUT2D eigenvalue weighted by atomic mass is 9.44. The van der Waals surface area contributed by atoms with Gasteiger partial charge in [0.25, 0.3) is 0 Å². The van der Waals surface area contributed by atoms with E-state index in [-0.39, 0.29) is 40.7 Å². The highest BCUT2D eigenvalue weighted by atomic mass is 32.2. The van der Waals surface area contributed by atoms with Crippen LogP contribution in [0.3, 0.4) is 0 Å². The molecule has 0 heterocycles. The van der Waals surface area contributed by atoms with Crippen molar-refractivity contribution >= 4 is 23.5 Å². The molecule has 0 aliphatic heterocycles. The van der Waals surface area contributed by atoms with Crippen molar-refractivity contribution in [1.82, 2.24) is 0 Å². The quantitative estimate of drug-likeness (QED) is 0.307. The second kappa shape index (κ2) is 9.59. The number of thioether (sulfide) groups is 1. The molecule has 1 N–H and O–H groups in total. The molecule has 0 saturated heterocycles. The zero-order valence-electron chi connectivity index (χ0n) is 21.7. The van der Waals surface area contributed by atoms with E-state index >= 15 is 0 Å². The SMILES string of the molecule is C=C[C@]1(C)C[C@@H](OC(=O)CSc2cccc(OC)c2)[C@]2(C)C(C)CCC3(CCC(=O)C32)[C@@H](C)[C@@H]1O. The first-order chi connectivity index (χ1) is 16.5. The number of benzene rings is 1. The molecule has 3 aliphatic rings. The van der Waals surface area contributed by atoms with Gasteiger partial charge in [0.05, 0.1) is 19.0 Å². The summed E-state index contributed by atoms with van der Waals surface area (Å²) in [4.78, 5) is 27.6. The fourth-order valence-corrected chi connectivity index (χ4v) is 8.25. The average molecular weight is 501 g/mol. The second-order valence-electron chi connectivity index (χ2n) is 11.5. The normalized spacial score (nSPS) is 40.9. The van der Waals surface area contributed by atoms with Crippen LogP contribution in [0.15, 0.2) is 41.8 Å². The smallest absolute Gasteiger partial charge is 0.316 e. The molecule has 0 radical (unpaired) electrons. The van der Waals surface area contributed by atoms with Gasteiger partial charge in [0.1, 0.15) is 17.6 Å². The van der Waals surface area contributed by atoms with Gasteiger partial charge in [0, 0.05) is 28.1 Å². The third-order valence-electron chi connectivity index (χ3n) is 9.97. The largest absolute Gasteiger partial charge is 0.497 e. The molecule has 3 aliphatic carbocycles. The fraction of sp³-hybridized carbons (Fsp3) is 0.655. The second-order valence-corrected chi connectivity index (χ2v) is 12.6. The minimum Gasteiger partial charge on any atom is -0.497 e. The van der Waals surface area contributed by atoms with Gasteiger partial charge in [-0.2, -0.15) is 0 Å². The highest BCUT2D eigenvalue weighted by Crippen LogP contribution is 2.68. The van der Waals surface area contributed by atoms with Gasteiger partial charge in [-0.3, -0.25) is 9.59 Å². The monoisotopic (exact) mass is 500 g/mol. The van der Waals surface area contributed by atoms with Crippen molar-refractivity contribution in [3.8, 4) is 5.75 Å². The van der Waals surface area contributed by atoms with Gasteiger partial charge >= 0.3 is 5.97 Å². The maximum absolute atomic E-state index is 13.5. The molecule has 3 fully saturated rings. The van der Waals surface area contributed by atoms with Crippen LogP contribution in [0.4, 0.5) is 0 Å². The summed E-state index contributed by atoms with van der Waals surface area (Å²) < 4.78 is 11.6. The Bertz CT molecular complexity index is 993. The molecule has 0 aromatic heterocycles. The first kappa shape index (κ1) is 26.3. The van der Waals surface area contributed by atoms with E-state index in [1.165, 1.54) is 11.8 Å². The minimum absolute atomic E-state index is 0.0333. The highest BCUT2D eigenvalue weighted by Gasteiger charge is 2.68. The van der Waals surface area contributed by atoms with E-state index < -0.39 is 23.0 Å². The molecule has 0 amide bonds. The molecule has 5 nitrogen and oxygen atoms in total. The molecule has 1 aromatic carbocycles. The number of methoxy groups -OCH3 is 1. The molecule has 6 heteroatoms. The number of rotatable bonds is 6. The van der Waals surface area contributed by atoms with E-state index in [9.17, 15) is 14.7 Å². The summed E-state index contributed by atoms with van der Waals surface area (Å²) in [5.41, 5.74) is -1.37. The van der Waals surface area contributed by atoms with Gasteiger partial charge in [0.15, 0.2) is 0 Å². The first-order valence-electron chi connectivity index (χ1n) is 12.8. The van der Waals surface area contributed by atoms with E-state index in [0.29, 0.717) is 12.8 Å². The number of carbonyl (C=O) groups excluding carboxylic acids is 2. The Balaban J connectivity index is 1.66. The number of carbonyl (C=O) groups is 2. The van der Waals surface area contributed by atoms with Gasteiger partial charge in [-0.1, -0.05) is 39.8 Å². The molecule has 3 unspecified atom stereocenters. The van der Waals surface area contributed by atoms with Crippen LogP contribution in [-0.4, -0.2) is 41.9 Å². The third kappa shape index (κ3) is 4.25. The maximum Gasteiger partial charge on any atom is 0.316 e. The van der Waals surface area contributed by atoms with Crippen LogP contribution in [-0.2, 0) is 14.3 Å². The lowest BCUT2D eigenvalue weighted by Crippen LogP contribution is -2.63. The molecule has 0 spiro atoms. The number of hydrogen-bond donors (Lipinski definition) is 1. The summed E-state index contributed by atoms with van der Waals surface area (Å²) in [7, 11) is 1.62. The van der Waals surface area contributed by atoms with E-state index in [4.69, 9.17) is 9.47 Å². The van der Waals surface area contributed by atoms with Gasteiger partial charge in [-0.25, -0.2) is 0 Å². The van der Waals surface area contributed by atoms with Crippen molar-refractivity contribution < 1.29 is 24.2 Å². The van der Waals surface area contributed by atoms with Crippen molar-refractivity contribution in [2.75, 3.05) is 12.9 Å². The fourth-order valence-electron chi connectivity index (χ4n) is 7.53. The topological polar surface area (TPSA) is 72.8 Å². The molecule has 2 bridgehead atoms. The maximum atomic E-state index is 13.5. The van der Waals surface area contributed by atoms with Gasteiger partial charge in [0.2, 0.25) is 0 Å². The zero-order valence-corrected chi connectivity index (χ0v) is 22.5. The van der Waals surface area contributed by atoms with Crippen LogP contribution >= 0.6 is 11.8 Å². The Labute approximate surface area is 214 Å². The zero-order chi connectivity index (χ0) is 25.6. The van der Waals surface area contributed by atoms with Crippen molar-refractivity contribution in [1.29, 1.82) is 0 Å². The van der Waals surface area contributed by atoms with Gasteiger partial charge in [-0.15, -0.1) is 18.3 Å². The van der Waals surface area contributed by atoms with Crippen LogP contribution < -0.4 is 4.74 Å². The van der Waals surface area contributed by atoms with E-state index in [1.54, 1.807) is 7.11 Å². The molecule has 35 heavy (non-hydrogen) atoms. The summed E-state index contributed by atoms with van der Waals surface area (Å²) in [6.45, 7) is 12.6.